The molecule has 1 aromatic carbocycles. The number of sulfonamides is 1. The second kappa shape index (κ2) is 5.92. The Morgan fingerprint density at radius 2 is 1.70 bits per heavy atom. The van der Waals surface area contributed by atoms with Crippen molar-refractivity contribution in [2.75, 3.05) is 15.8 Å². The van der Waals surface area contributed by atoms with E-state index in [1.165, 1.54) is 5.56 Å². The molecule has 0 unspecified atom stereocenters. The lowest BCUT2D eigenvalue weighted by Crippen LogP contribution is -2.15. The van der Waals surface area contributed by atoms with Crippen LogP contribution in [0.3, 0.4) is 0 Å². The molecule has 0 bridgehead atoms. The van der Waals surface area contributed by atoms with Gasteiger partial charge in [-0.3, -0.25) is 4.72 Å². The summed E-state index contributed by atoms with van der Waals surface area (Å²) < 4.78 is 25.2. The molecule has 0 amide bonds. The summed E-state index contributed by atoms with van der Waals surface area (Å²) >= 11 is 0. The van der Waals surface area contributed by atoms with Gasteiger partial charge in [0.2, 0.25) is 10.0 Å². The monoisotopic (exact) mass is 291 g/mol. The van der Waals surface area contributed by atoms with Gasteiger partial charge in [0, 0.05) is 5.69 Å². The molecule has 2 aromatic rings. The summed E-state index contributed by atoms with van der Waals surface area (Å²) in [5.74, 6) is 0.346. The molecule has 0 radical (unpaired) electrons. The van der Waals surface area contributed by atoms with Crippen molar-refractivity contribution in [3.05, 3.63) is 48.2 Å². The third kappa shape index (κ3) is 3.96. The normalized spacial score (nSPS) is 11.1. The lowest BCUT2D eigenvalue weighted by atomic mass is 10.2. The number of nitrogens with zero attached hydrogens (tertiary/aromatic N) is 1. The van der Waals surface area contributed by atoms with Gasteiger partial charge in [0.15, 0.2) is 0 Å². The predicted molar refractivity (Wildman–Crippen MR) is 81.8 cm³/mol. The van der Waals surface area contributed by atoms with Crippen molar-refractivity contribution in [3.8, 4) is 0 Å². The molecule has 2 N–H and O–H groups in total. The van der Waals surface area contributed by atoms with Crippen molar-refractivity contribution in [2.45, 2.75) is 13.8 Å². The zero-order valence-corrected chi connectivity index (χ0v) is 12.2. The summed E-state index contributed by atoms with van der Waals surface area (Å²) in [6, 6.07) is 11.4. The van der Waals surface area contributed by atoms with Crippen LogP contribution < -0.4 is 10.0 Å². The van der Waals surface area contributed by atoms with Crippen LogP contribution in [0, 0.1) is 6.92 Å². The van der Waals surface area contributed by atoms with Crippen LogP contribution in [-0.4, -0.2) is 19.2 Å². The van der Waals surface area contributed by atoms with Gasteiger partial charge in [-0.05, 0) is 38.1 Å². The molecular formula is C14H17N3O2S. The molecule has 6 heteroatoms. The lowest BCUT2D eigenvalue weighted by molar-refractivity contribution is 0.602. The second-order valence-corrected chi connectivity index (χ2v) is 6.44. The third-order valence-corrected chi connectivity index (χ3v) is 4.02. The van der Waals surface area contributed by atoms with Crippen molar-refractivity contribution >= 4 is 27.2 Å². The Kier molecular flexibility index (Phi) is 4.24. The van der Waals surface area contributed by atoms with Crippen LogP contribution in [0.1, 0.15) is 12.5 Å². The quantitative estimate of drug-likeness (QED) is 0.888. The van der Waals surface area contributed by atoms with Crippen LogP contribution >= 0.6 is 0 Å². The van der Waals surface area contributed by atoms with Crippen LogP contribution in [0.15, 0.2) is 42.6 Å². The van der Waals surface area contributed by atoms with Gasteiger partial charge < -0.3 is 5.32 Å². The van der Waals surface area contributed by atoms with Gasteiger partial charge in [-0.25, -0.2) is 13.4 Å². The minimum absolute atomic E-state index is 0.0258. The maximum atomic E-state index is 11.4. The minimum atomic E-state index is -3.28. The molecule has 1 aromatic heterocycles. The summed E-state index contributed by atoms with van der Waals surface area (Å²) in [6.45, 7) is 3.61. The van der Waals surface area contributed by atoms with Gasteiger partial charge in [-0.15, -0.1) is 0 Å². The number of aryl methyl sites for hydroxylation is 1. The smallest absolute Gasteiger partial charge is 0.233 e. The molecule has 5 nitrogen and oxygen atoms in total. The topological polar surface area (TPSA) is 71.1 Å². The molecule has 0 fully saturated rings. The molecule has 0 saturated carbocycles. The molecule has 2 rings (SSSR count). The zero-order valence-electron chi connectivity index (χ0n) is 11.4. The zero-order chi connectivity index (χ0) is 14.6. The van der Waals surface area contributed by atoms with E-state index in [2.05, 4.69) is 15.0 Å². The lowest BCUT2D eigenvalue weighted by Gasteiger charge is -2.08. The highest BCUT2D eigenvalue weighted by Crippen LogP contribution is 2.17. The fourth-order valence-corrected chi connectivity index (χ4v) is 2.15. The average Bonchev–Trinajstić information content (AvgIpc) is 2.43. The number of anilines is 3. The second-order valence-electron chi connectivity index (χ2n) is 4.43. The first-order valence-corrected chi connectivity index (χ1v) is 7.94. The van der Waals surface area contributed by atoms with E-state index in [-0.39, 0.29) is 5.75 Å². The van der Waals surface area contributed by atoms with Crippen LogP contribution in [0.5, 0.6) is 0 Å². The molecule has 20 heavy (non-hydrogen) atoms. The highest BCUT2D eigenvalue weighted by atomic mass is 32.2. The molecule has 1 heterocycles. The fourth-order valence-electron chi connectivity index (χ4n) is 1.56. The van der Waals surface area contributed by atoms with Gasteiger partial charge in [-0.2, -0.15) is 0 Å². The van der Waals surface area contributed by atoms with Gasteiger partial charge >= 0.3 is 0 Å². The van der Waals surface area contributed by atoms with Crippen LogP contribution in [0.2, 0.25) is 0 Å². The summed E-state index contributed by atoms with van der Waals surface area (Å²) in [5, 5.41) is 3.20. The van der Waals surface area contributed by atoms with Crippen LogP contribution in [-0.2, 0) is 10.0 Å². The molecule has 0 aliphatic rings. The summed E-state index contributed by atoms with van der Waals surface area (Å²) in [5.41, 5.74) is 2.95. The molecule has 0 saturated heterocycles. The van der Waals surface area contributed by atoms with E-state index < -0.39 is 10.0 Å². The SMILES string of the molecule is CCS(=O)(=O)Nc1ccc(Nc2ccc(C)cc2)cn1. The van der Waals surface area contributed by atoms with E-state index in [1.807, 2.05) is 31.2 Å². The van der Waals surface area contributed by atoms with Gasteiger partial charge in [0.25, 0.3) is 0 Å². The third-order valence-electron chi connectivity index (χ3n) is 2.74. The van der Waals surface area contributed by atoms with Crippen molar-refractivity contribution in [2.24, 2.45) is 0 Å². The summed E-state index contributed by atoms with van der Waals surface area (Å²) in [7, 11) is -3.28. The minimum Gasteiger partial charge on any atom is -0.354 e. The van der Waals surface area contributed by atoms with E-state index in [9.17, 15) is 8.42 Å². The Morgan fingerprint density at radius 3 is 2.25 bits per heavy atom. The Hall–Kier alpha value is -2.08. The molecule has 106 valence electrons. The van der Waals surface area contributed by atoms with Crippen molar-refractivity contribution in [1.82, 2.24) is 4.98 Å². The number of nitrogens with one attached hydrogen (secondary N) is 2. The number of pyridine rings is 1. The van der Waals surface area contributed by atoms with Crippen molar-refractivity contribution in [1.29, 1.82) is 0 Å². The van der Waals surface area contributed by atoms with Gasteiger partial charge in [0.1, 0.15) is 5.82 Å². The number of hydrogen-bond donors (Lipinski definition) is 2. The number of hydrogen-bond acceptors (Lipinski definition) is 4. The van der Waals surface area contributed by atoms with E-state index in [0.717, 1.165) is 11.4 Å². The van der Waals surface area contributed by atoms with Gasteiger partial charge in [-0.1, -0.05) is 17.7 Å². The van der Waals surface area contributed by atoms with Crippen LogP contribution in [0.4, 0.5) is 17.2 Å². The molecule has 0 aliphatic carbocycles. The Labute approximate surface area is 119 Å². The first-order chi connectivity index (χ1) is 9.48. The Bertz CT molecular complexity index is 665. The molecular weight excluding hydrogens is 274 g/mol. The van der Waals surface area contributed by atoms with Crippen molar-refractivity contribution in [3.63, 3.8) is 0 Å². The molecule has 0 aliphatic heterocycles. The standard InChI is InChI=1S/C14H17N3O2S/c1-3-20(18,19)17-14-9-8-13(10-15-14)16-12-6-4-11(2)5-7-12/h4-10,16H,3H2,1-2H3,(H,15,17). The fraction of sp³-hybridized carbons (Fsp3) is 0.214. The highest BCUT2D eigenvalue weighted by molar-refractivity contribution is 7.92. The highest BCUT2D eigenvalue weighted by Gasteiger charge is 2.07. The van der Waals surface area contributed by atoms with Crippen LogP contribution in [0.25, 0.3) is 0 Å². The number of rotatable bonds is 5. The Morgan fingerprint density at radius 1 is 1.05 bits per heavy atom. The predicted octanol–water partition coefficient (Wildman–Crippen LogP) is 2.90. The summed E-state index contributed by atoms with van der Waals surface area (Å²) in [4.78, 5) is 4.07. The summed E-state index contributed by atoms with van der Waals surface area (Å²) in [6.07, 6.45) is 1.59. The first-order valence-electron chi connectivity index (χ1n) is 6.29. The van der Waals surface area contributed by atoms with E-state index >= 15 is 0 Å². The van der Waals surface area contributed by atoms with E-state index in [0.29, 0.717) is 5.82 Å². The largest absolute Gasteiger partial charge is 0.354 e. The maximum absolute atomic E-state index is 11.4. The maximum Gasteiger partial charge on any atom is 0.233 e. The Balaban J connectivity index is 2.07. The number of benzene rings is 1. The molecule has 0 atom stereocenters. The van der Waals surface area contributed by atoms with E-state index in [4.69, 9.17) is 0 Å². The molecule has 0 spiro atoms. The number of aromatic nitrogens is 1. The average molecular weight is 291 g/mol. The van der Waals surface area contributed by atoms with E-state index in [1.54, 1.807) is 25.3 Å². The van der Waals surface area contributed by atoms with Crippen molar-refractivity contribution < 1.29 is 8.42 Å². The first kappa shape index (κ1) is 14.3. The van der Waals surface area contributed by atoms with Gasteiger partial charge in [0.05, 0.1) is 17.6 Å².